The number of nitrogens with two attached hydrogens (primary N) is 1. The summed E-state index contributed by atoms with van der Waals surface area (Å²) in [5.41, 5.74) is 7.84. The van der Waals surface area contributed by atoms with Crippen molar-refractivity contribution in [3.05, 3.63) is 23.8 Å². The molecule has 3 nitrogen and oxygen atoms in total. The van der Waals surface area contributed by atoms with Gasteiger partial charge in [-0.15, -0.1) is 0 Å². The predicted octanol–water partition coefficient (Wildman–Crippen LogP) is 1.66. The van der Waals surface area contributed by atoms with Gasteiger partial charge in [0, 0.05) is 13.1 Å². The fraction of sp³-hybridized carbons (Fsp3) is 0.500. The number of imidazole rings is 1. The van der Waals surface area contributed by atoms with Gasteiger partial charge in [0.25, 0.3) is 0 Å². The normalized spacial score (nSPS) is 12.1. The van der Waals surface area contributed by atoms with Gasteiger partial charge < -0.3 is 10.3 Å². The van der Waals surface area contributed by atoms with E-state index in [9.17, 15) is 0 Å². The van der Waals surface area contributed by atoms with Gasteiger partial charge in [0.15, 0.2) is 0 Å². The van der Waals surface area contributed by atoms with Crippen LogP contribution in [0.15, 0.2) is 18.1 Å². The Morgan fingerprint density at radius 1 is 1.69 bits per heavy atom. The van der Waals surface area contributed by atoms with Gasteiger partial charge >= 0.3 is 0 Å². The van der Waals surface area contributed by atoms with Crippen molar-refractivity contribution in [3.8, 4) is 0 Å². The molecule has 3 heteroatoms. The van der Waals surface area contributed by atoms with Gasteiger partial charge in [0.05, 0.1) is 18.2 Å². The molecule has 1 aromatic rings. The fourth-order valence-electron chi connectivity index (χ4n) is 1.19. The molecular formula is C10H17N3. The lowest BCUT2D eigenvalue weighted by molar-refractivity contribution is 0.673. The summed E-state index contributed by atoms with van der Waals surface area (Å²) in [6.07, 6.45) is 6.94. The molecule has 0 spiro atoms. The van der Waals surface area contributed by atoms with Crippen LogP contribution in [0.3, 0.4) is 0 Å². The van der Waals surface area contributed by atoms with Gasteiger partial charge in [0.2, 0.25) is 0 Å². The summed E-state index contributed by atoms with van der Waals surface area (Å²) in [4.78, 5) is 4.11. The Hall–Kier alpha value is -1.09. The maximum absolute atomic E-state index is 5.51. The van der Waals surface area contributed by atoms with E-state index in [1.807, 2.05) is 19.4 Å². The molecule has 1 aromatic heterocycles. The molecule has 0 unspecified atom stereocenters. The van der Waals surface area contributed by atoms with Crippen LogP contribution in [0, 0.1) is 0 Å². The zero-order chi connectivity index (χ0) is 9.68. The number of hydrogen-bond acceptors (Lipinski definition) is 2. The third-order valence-corrected chi connectivity index (χ3v) is 1.93. The Morgan fingerprint density at radius 3 is 3.08 bits per heavy atom. The summed E-state index contributed by atoms with van der Waals surface area (Å²) in [6.45, 7) is 5.81. The highest BCUT2D eigenvalue weighted by molar-refractivity contribution is 5.48. The Labute approximate surface area is 79.3 Å². The molecule has 0 radical (unpaired) electrons. The largest absolute Gasteiger partial charge is 0.331 e. The molecule has 0 aliphatic rings. The molecule has 0 bridgehead atoms. The molecule has 0 atom stereocenters. The Kier molecular flexibility index (Phi) is 3.71. The summed E-state index contributed by atoms with van der Waals surface area (Å²) < 4.78 is 2.14. The van der Waals surface area contributed by atoms with Crippen LogP contribution in [0.5, 0.6) is 0 Å². The minimum atomic E-state index is 0.608. The molecule has 13 heavy (non-hydrogen) atoms. The first kappa shape index (κ1) is 9.99. The van der Waals surface area contributed by atoms with Crippen molar-refractivity contribution in [2.24, 2.45) is 5.73 Å². The minimum Gasteiger partial charge on any atom is -0.331 e. The van der Waals surface area contributed by atoms with E-state index >= 15 is 0 Å². The van der Waals surface area contributed by atoms with E-state index in [-0.39, 0.29) is 0 Å². The molecule has 0 saturated carbocycles. The number of hydrogen-bond donors (Lipinski definition) is 1. The standard InChI is InChI=1S/C10H17N3/c1-3-4-13-8-12-7-10(13)5-9(2)6-11/h5,7-8H,3-4,6,11H2,1-2H3. The lowest BCUT2D eigenvalue weighted by Crippen LogP contribution is -2.01. The first-order valence-corrected chi connectivity index (χ1v) is 4.65. The van der Waals surface area contributed by atoms with Crippen LogP contribution in [0.1, 0.15) is 26.0 Å². The average Bonchev–Trinajstić information content (AvgIpc) is 2.54. The summed E-state index contributed by atoms with van der Waals surface area (Å²) >= 11 is 0. The van der Waals surface area contributed by atoms with Crippen molar-refractivity contribution < 1.29 is 0 Å². The van der Waals surface area contributed by atoms with Gasteiger partial charge in [-0.2, -0.15) is 0 Å². The lowest BCUT2D eigenvalue weighted by atomic mass is 10.2. The second-order valence-corrected chi connectivity index (χ2v) is 3.21. The molecule has 0 aliphatic heterocycles. The Balaban J connectivity index is 2.81. The van der Waals surface area contributed by atoms with Crippen molar-refractivity contribution in [1.82, 2.24) is 9.55 Å². The molecule has 0 fully saturated rings. The smallest absolute Gasteiger partial charge is 0.0950 e. The van der Waals surface area contributed by atoms with Crippen LogP contribution in [0.4, 0.5) is 0 Å². The Morgan fingerprint density at radius 2 is 2.46 bits per heavy atom. The van der Waals surface area contributed by atoms with E-state index < -0.39 is 0 Å². The molecule has 1 heterocycles. The van der Waals surface area contributed by atoms with Crippen LogP contribution in [0.25, 0.3) is 6.08 Å². The maximum atomic E-state index is 5.51. The van der Waals surface area contributed by atoms with Crippen LogP contribution < -0.4 is 5.73 Å². The first-order valence-electron chi connectivity index (χ1n) is 4.65. The summed E-state index contributed by atoms with van der Waals surface area (Å²) in [6, 6.07) is 0. The van der Waals surface area contributed by atoms with Crippen molar-refractivity contribution in [2.45, 2.75) is 26.8 Å². The summed E-state index contributed by atoms with van der Waals surface area (Å²) in [5, 5.41) is 0. The van der Waals surface area contributed by atoms with Crippen LogP contribution >= 0.6 is 0 Å². The molecule has 72 valence electrons. The highest BCUT2D eigenvalue weighted by Gasteiger charge is 1.97. The second kappa shape index (κ2) is 4.82. The quantitative estimate of drug-likeness (QED) is 0.763. The van der Waals surface area contributed by atoms with Crippen molar-refractivity contribution >= 4 is 6.08 Å². The van der Waals surface area contributed by atoms with Gasteiger partial charge in [0.1, 0.15) is 0 Å². The van der Waals surface area contributed by atoms with Crippen molar-refractivity contribution in [1.29, 1.82) is 0 Å². The highest BCUT2D eigenvalue weighted by atomic mass is 15.0. The third kappa shape index (κ3) is 2.70. The molecule has 2 N–H and O–H groups in total. The van der Waals surface area contributed by atoms with Crippen molar-refractivity contribution in [3.63, 3.8) is 0 Å². The zero-order valence-electron chi connectivity index (χ0n) is 8.33. The SMILES string of the molecule is CCCn1cncc1C=C(C)CN. The van der Waals surface area contributed by atoms with E-state index in [1.165, 1.54) is 5.57 Å². The molecule has 0 aromatic carbocycles. The van der Waals surface area contributed by atoms with Gasteiger partial charge in [-0.3, -0.25) is 0 Å². The highest BCUT2D eigenvalue weighted by Crippen LogP contribution is 2.06. The van der Waals surface area contributed by atoms with E-state index in [4.69, 9.17) is 5.73 Å². The van der Waals surface area contributed by atoms with E-state index in [0.29, 0.717) is 6.54 Å². The fourth-order valence-corrected chi connectivity index (χ4v) is 1.19. The van der Waals surface area contributed by atoms with E-state index in [1.54, 1.807) is 0 Å². The number of aryl methyl sites for hydroxylation is 1. The predicted molar refractivity (Wildman–Crippen MR) is 55.2 cm³/mol. The topological polar surface area (TPSA) is 43.8 Å². The zero-order valence-corrected chi connectivity index (χ0v) is 8.33. The number of aromatic nitrogens is 2. The van der Waals surface area contributed by atoms with Crippen molar-refractivity contribution in [2.75, 3.05) is 6.54 Å². The van der Waals surface area contributed by atoms with E-state index in [2.05, 4.69) is 22.6 Å². The maximum Gasteiger partial charge on any atom is 0.0950 e. The van der Waals surface area contributed by atoms with Crippen LogP contribution in [-0.4, -0.2) is 16.1 Å². The summed E-state index contributed by atoms with van der Waals surface area (Å²) in [7, 11) is 0. The molecular weight excluding hydrogens is 162 g/mol. The average molecular weight is 179 g/mol. The van der Waals surface area contributed by atoms with Gasteiger partial charge in [-0.25, -0.2) is 4.98 Å². The molecule has 0 amide bonds. The lowest BCUT2D eigenvalue weighted by Gasteiger charge is -2.03. The molecule has 0 aliphatic carbocycles. The van der Waals surface area contributed by atoms with Crippen LogP contribution in [0.2, 0.25) is 0 Å². The minimum absolute atomic E-state index is 0.608. The third-order valence-electron chi connectivity index (χ3n) is 1.93. The second-order valence-electron chi connectivity index (χ2n) is 3.21. The van der Waals surface area contributed by atoms with Gasteiger partial charge in [-0.1, -0.05) is 12.5 Å². The summed E-state index contributed by atoms with van der Waals surface area (Å²) in [5.74, 6) is 0. The van der Waals surface area contributed by atoms with Gasteiger partial charge in [-0.05, 0) is 19.4 Å². The molecule has 1 rings (SSSR count). The Bertz CT molecular complexity index is 286. The van der Waals surface area contributed by atoms with Crippen LogP contribution in [-0.2, 0) is 6.54 Å². The van der Waals surface area contributed by atoms with E-state index in [0.717, 1.165) is 18.7 Å². The molecule has 0 saturated heterocycles. The number of nitrogens with zero attached hydrogens (tertiary/aromatic N) is 2. The monoisotopic (exact) mass is 179 g/mol. The number of rotatable bonds is 4. The first-order chi connectivity index (χ1) is 6.27.